The molecular formula is C34H39N5O8. The number of ether oxygens (including phenoxy) is 2. The summed E-state index contributed by atoms with van der Waals surface area (Å²) in [6.07, 6.45) is 0.240. The van der Waals surface area contributed by atoms with Gasteiger partial charge in [-0.2, -0.15) is 0 Å². The third kappa shape index (κ3) is 10.2. The van der Waals surface area contributed by atoms with Gasteiger partial charge in [-0.25, -0.2) is 4.79 Å². The summed E-state index contributed by atoms with van der Waals surface area (Å²) in [6.45, 7) is 5.24. The van der Waals surface area contributed by atoms with Gasteiger partial charge in [-0.1, -0.05) is 32.0 Å². The number of hydrogen-bond donors (Lipinski definition) is 4. The van der Waals surface area contributed by atoms with E-state index in [9.17, 15) is 29.1 Å². The monoisotopic (exact) mass is 645 g/mol. The van der Waals surface area contributed by atoms with E-state index in [-0.39, 0.29) is 44.3 Å². The first-order valence-electron chi connectivity index (χ1n) is 15.2. The van der Waals surface area contributed by atoms with E-state index in [0.717, 1.165) is 10.5 Å². The largest absolute Gasteiger partial charge is 0.481 e. The molecule has 0 unspecified atom stereocenters. The van der Waals surface area contributed by atoms with Crippen molar-refractivity contribution in [2.75, 3.05) is 48.9 Å². The van der Waals surface area contributed by atoms with Gasteiger partial charge in [0.15, 0.2) is 11.5 Å². The highest BCUT2D eigenvalue weighted by Crippen LogP contribution is 2.33. The van der Waals surface area contributed by atoms with Crippen molar-refractivity contribution in [2.24, 2.45) is 5.92 Å². The van der Waals surface area contributed by atoms with Crippen molar-refractivity contribution in [1.82, 2.24) is 9.80 Å². The highest BCUT2D eigenvalue weighted by atomic mass is 16.7. The third-order valence-electron chi connectivity index (χ3n) is 7.31. The Kier molecular flexibility index (Phi) is 11.8. The van der Waals surface area contributed by atoms with E-state index in [1.54, 1.807) is 36.4 Å². The number of para-hydroxylation sites is 1. The second-order valence-corrected chi connectivity index (χ2v) is 11.5. The van der Waals surface area contributed by atoms with Gasteiger partial charge < -0.3 is 40.3 Å². The maximum Gasteiger partial charge on any atom is 0.323 e. The quantitative estimate of drug-likeness (QED) is 0.194. The number of fused-ring (bicyclic) bond motifs is 1. The van der Waals surface area contributed by atoms with Crippen LogP contribution in [0.3, 0.4) is 0 Å². The summed E-state index contributed by atoms with van der Waals surface area (Å²) in [4.78, 5) is 66.3. The molecule has 0 saturated heterocycles. The molecule has 0 radical (unpaired) electrons. The van der Waals surface area contributed by atoms with E-state index in [4.69, 9.17) is 9.47 Å². The summed E-state index contributed by atoms with van der Waals surface area (Å²) in [5, 5.41) is 17.6. The van der Waals surface area contributed by atoms with Crippen molar-refractivity contribution >= 4 is 46.8 Å². The molecular weight excluding hydrogens is 606 g/mol. The Morgan fingerprint density at radius 2 is 1.49 bits per heavy atom. The molecule has 4 N–H and O–H groups in total. The van der Waals surface area contributed by atoms with Crippen LogP contribution in [0.5, 0.6) is 11.5 Å². The minimum atomic E-state index is -1.12. The third-order valence-corrected chi connectivity index (χ3v) is 7.31. The molecule has 47 heavy (non-hydrogen) atoms. The van der Waals surface area contributed by atoms with Gasteiger partial charge in [0.05, 0.1) is 13.0 Å². The SMILES string of the molecule is Cc1ccccc1NC(=O)Nc1ccc(NC(=O)CN(CCC(C)C)C(=O)CN(CCC(=O)O)C(=O)c2ccc3c(c2)OCO3)cc1. The molecule has 1 aliphatic rings. The van der Waals surface area contributed by atoms with Gasteiger partial charge in [0, 0.05) is 35.7 Å². The lowest BCUT2D eigenvalue weighted by Gasteiger charge is -2.28. The van der Waals surface area contributed by atoms with E-state index in [1.807, 2.05) is 39.0 Å². The lowest BCUT2D eigenvalue weighted by atomic mass is 10.1. The fourth-order valence-corrected chi connectivity index (χ4v) is 4.67. The topological polar surface area (TPSA) is 167 Å². The lowest BCUT2D eigenvalue weighted by Crippen LogP contribution is -2.46. The Hall–Kier alpha value is -5.59. The van der Waals surface area contributed by atoms with Crippen molar-refractivity contribution in [3.63, 3.8) is 0 Å². The van der Waals surface area contributed by atoms with E-state index < -0.39 is 36.3 Å². The molecule has 3 aromatic carbocycles. The van der Waals surface area contributed by atoms with Crippen LogP contribution >= 0.6 is 0 Å². The number of carbonyl (C=O) groups is 5. The van der Waals surface area contributed by atoms with Gasteiger partial charge in [0.2, 0.25) is 18.6 Å². The number of anilines is 3. The van der Waals surface area contributed by atoms with Crippen molar-refractivity contribution < 1.29 is 38.6 Å². The van der Waals surface area contributed by atoms with Gasteiger partial charge >= 0.3 is 12.0 Å². The number of nitrogens with zero attached hydrogens (tertiary/aromatic N) is 2. The van der Waals surface area contributed by atoms with Crippen LogP contribution in [0.2, 0.25) is 0 Å². The van der Waals surface area contributed by atoms with E-state index in [2.05, 4.69) is 16.0 Å². The highest BCUT2D eigenvalue weighted by molar-refractivity contribution is 6.01. The van der Waals surface area contributed by atoms with Gasteiger partial charge in [-0.3, -0.25) is 19.2 Å². The number of carbonyl (C=O) groups excluding carboxylic acids is 4. The Labute approximate surface area is 272 Å². The molecule has 0 spiro atoms. The second-order valence-electron chi connectivity index (χ2n) is 11.5. The number of amides is 5. The normalized spacial score (nSPS) is 11.5. The van der Waals surface area contributed by atoms with Crippen LogP contribution in [0.4, 0.5) is 21.9 Å². The maximum atomic E-state index is 13.5. The van der Waals surface area contributed by atoms with Crippen LogP contribution < -0.4 is 25.4 Å². The average molecular weight is 646 g/mol. The summed E-state index contributed by atoms with van der Waals surface area (Å²) in [5.41, 5.74) is 2.79. The van der Waals surface area contributed by atoms with Crippen LogP contribution in [-0.4, -0.2) is 77.6 Å². The molecule has 248 valence electrons. The summed E-state index contributed by atoms with van der Waals surface area (Å²) in [6, 6.07) is 18.1. The van der Waals surface area contributed by atoms with Crippen molar-refractivity contribution in [2.45, 2.75) is 33.6 Å². The van der Waals surface area contributed by atoms with Crippen molar-refractivity contribution in [3.8, 4) is 11.5 Å². The first-order valence-corrected chi connectivity index (χ1v) is 15.2. The molecule has 0 bridgehead atoms. The van der Waals surface area contributed by atoms with Gasteiger partial charge in [-0.05, 0) is 73.4 Å². The van der Waals surface area contributed by atoms with E-state index in [0.29, 0.717) is 35.0 Å². The molecule has 1 heterocycles. The molecule has 0 aliphatic carbocycles. The number of aryl methyl sites for hydroxylation is 1. The molecule has 5 amide bonds. The fourth-order valence-electron chi connectivity index (χ4n) is 4.67. The number of carboxylic acid groups (broad SMARTS) is 1. The minimum absolute atomic E-state index is 0.0216. The fraction of sp³-hybridized carbons (Fsp3) is 0.324. The molecule has 13 nitrogen and oxygen atoms in total. The summed E-state index contributed by atoms with van der Waals surface area (Å²) in [5.74, 6) is -1.54. The number of carboxylic acids is 1. The zero-order valence-corrected chi connectivity index (χ0v) is 26.6. The molecule has 0 saturated carbocycles. The Morgan fingerprint density at radius 1 is 0.809 bits per heavy atom. The van der Waals surface area contributed by atoms with Crippen molar-refractivity contribution in [1.29, 1.82) is 0 Å². The summed E-state index contributed by atoms with van der Waals surface area (Å²) < 4.78 is 10.7. The zero-order valence-electron chi connectivity index (χ0n) is 26.6. The molecule has 13 heteroatoms. The van der Waals surface area contributed by atoms with E-state index >= 15 is 0 Å². The first-order chi connectivity index (χ1) is 22.5. The van der Waals surface area contributed by atoms with Crippen LogP contribution in [0.15, 0.2) is 66.7 Å². The molecule has 0 atom stereocenters. The summed E-state index contributed by atoms with van der Waals surface area (Å²) in [7, 11) is 0. The van der Waals surface area contributed by atoms with Crippen molar-refractivity contribution in [3.05, 3.63) is 77.9 Å². The highest BCUT2D eigenvalue weighted by Gasteiger charge is 2.26. The predicted molar refractivity (Wildman–Crippen MR) is 176 cm³/mol. The average Bonchev–Trinajstić information content (AvgIpc) is 3.51. The number of nitrogens with one attached hydrogen (secondary N) is 3. The number of benzene rings is 3. The smallest absolute Gasteiger partial charge is 0.323 e. The Morgan fingerprint density at radius 3 is 2.17 bits per heavy atom. The van der Waals surface area contributed by atoms with Crippen LogP contribution in [-0.2, 0) is 14.4 Å². The molecule has 4 rings (SSSR count). The zero-order chi connectivity index (χ0) is 33.9. The number of hydrogen-bond acceptors (Lipinski definition) is 7. The van der Waals surface area contributed by atoms with E-state index in [1.165, 1.54) is 17.0 Å². The minimum Gasteiger partial charge on any atom is -0.481 e. The lowest BCUT2D eigenvalue weighted by molar-refractivity contribution is -0.138. The maximum absolute atomic E-state index is 13.5. The molecule has 0 fully saturated rings. The molecule has 1 aliphatic heterocycles. The Balaban J connectivity index is 1.38. The standard InChI is InChI=1S/C34H39N5O8/c1-22(2)14-16-38(31(41)20-39(17-15-32(42)43)33(44)24-8-13-28-29(18-24)47-21-46-28)19-30(40)35-25-9-11-26(12-10-25)36-34(45)37-27-7-5-4-6-23(27)3/h4-13,18,22H,14-17,19-21H2,1-3H3,(H,35,40)(H,42,43)(H2,36,37,45). The van der Waals surface area contributed by atoms with Gasteiger partial charge in [-0.15, -0.1) is 0 Å². The number of urea groups is 1. The number of rotatable bonds is 14. The predicted octanol–water partition coefficient (Wildman–Crippen LogP) is 4.80. The molecule has 3 aromatic rings. The van der Waals surface area contributed by atoms with Gasteiger partial charge in [0.25, 0.3) is 5.91 Å². The van der Waals surface area contributed by atoms with Crippen LogP contribution in [0.25, 0.3) is 0 Å². The Bertz CT molecular complexity index is 1610. The number of aliphatic carboxylic acids is 1. The van der Waals surface area contributed by atoms with Gasteiger partial charge in [0.1, 0.15) is 6.54 Å². The second kappa shape index (κ2) is 16.1. The summed E-state index contributed by atoms with van der Waals surface area (Å²) >= 11 is 0. The van der Waals surface area contributed by atoms with Crippen LogP contribution in [0.1, 0.15) is 42.6 Å². The first kappa shape index (κ1) is 34.3. The van der Waals surface area contributed by atoms with Crippen LogP contribution in [0, 0.1) is 12.8 Å². The molecule has 0 aromatic heterocycles.